The Kier molecular flexibility index (Phi) is 9.98. The van der Waals surface area contributed by atoms with Gasteiger partial charge in [0.05, 0.1) is 0 Å². The van der Waals surface area contributed by atoms with Gasteiger partial charge in [0.25, 0.3) is 0 Å². The Balaban J connectivity index is 2.62. The largest absolute Gasteiger partial charge is 0.461 e. The van der Waals surface area contributed by atoms with Gasteiger partial charge in [-0.15, -0.1) is 0 Å². The van der Waals surface area contributed by atoms with Crippen LogP contribution in [-0.4, -0.2) is 41.6 Å². The summed E-state index contributed by atoms with van der Waals surface area (Å²) in [6, 6.07) is 7.14. The fraction of sp³-hybridized carbons (Fsp3) is 0.545. The molecule has 31 heavy (non-hydrogen) atoms. The Hall–Kier alpha value is -3.10. The number of amides is 3. The Labute approximate surface area is 183 Å². The second-order valence-electron chi connectivity index (χ2n) is 8.52. The molecule has 0 aliphatic rings. The zero-order valence-corrected chi connectivity index (χ0v) is 18.8. The third-order valence-corrected chi connectivity index (χ3v) is 4.16. The van der Waals surface area contributed by atoms with Crippen molar-refractivity contribution in [2.75, 3.05) is 0 Å². The number of carbonyl (C=O) groups excluding carboxylic acids is 4. The molecule has 0 bridgehead atoms. The Morgan fingerprint density at radius 3 is 2.16 bits per heavy atom. The maximum Gasteiger partial charge on any atom is 0.408 e. The standard InChI is InChI=1S/C22H33N3O6/c1-14(2)18(25-21(29)31-22(3,4)5)20(28)24-16(19(23)27)11-12-17(26)30-13-15-9-7-6-8-10-15/h6-10,14,16,18H,11-13H2,1-5H3,(H2,23,27)(H,24,28)(H,25,29)/t16-,18-/m1/s1. The normalized spacial score (nSPS) is 13.1. The Morgan fingerprint density at radius 1 is 1.03 bits per heavy atom. The van der Waals surface area contributed by atoms with Crippen LogP contribution in [0.1, 0.15) is 53.0 Å². The van der Waals surface area contributed by atoms with Crippen molar-refractivity contribution < 1.29 is 28.7 Å². The highest BCUT2D eigenvalue weighted by Gasteiger charge is 2.30. The first-order chi connectivity index (χ1) is 14.4. The molecule has 0 saturated carbocycles. The monoisotopic (exact) mass is 435 g/mol. The van der Waals surface area contributed by atoms with Crippen LogP contribution in [0.4, 0.5) is 4.79 Å². The summed E-state index contributed by atoms with van der Waals surface area (Å²) in [7, 11) is 0. The molecule has 9 heteroatoms. The summed E-state index contributed by atoms with van der Waals surface area (Å²) in [5, 5.41) is 5.01. The van der Waals surface area contributed by atoms with Crippen molar-refractivity contribution in [2.24, 2.45) is 11.7 Å². The van der Waals surface area contributed by atoms with Gasteiger partial charge >= 0.3 is 12.1 Å². The minimum Gasteiger partial charge on any atom is -0.461 e. The van der Waals surface area contributed by atoms with Gasteiger partial charge in [-0.3, -0.25) is 14.4 Å². The van der Waals surface area contributed by atoms with Gasteiger partial charge in [0, 0.05) is 6.42 Å². The summed E-state index contributed by atoms with van der Waals surface area (Å²) >= 11 is 0. The van der Waals surface area contributed by atoms with Crippen LogP contribution >= 0.6 is 0 Å². The first kappa shape index (κ1) is 25.9. The van der Waals surface area contributed by atoms with Crippen LogP contribution in [0.3, 0.4) is 0 Å². The van der Waals surface area contributed by atoms with E-state index in [0.29, 0.717) is 0 Å². The molecule has 1 aromatic carbocycles. The molecule has 0 aliphatic carbocycles. The average Bonchev–Trinajstić information content (AvgIpc) is 2.66. The van der Waals surface area contributed by atoms with Gasteiger partial charge < -0.3 is 25.8 Å². The molecule has 0 aromatic heterocycles. The summed E-state index contributed by atoms with van der Waals surface area (Å²) in [5.74, 6) is -2.18. The van der Waals surface area contributed by atoms with Crippen molar-refractivity contribution >= 4 is 23.9 Å². The van der Waals surface area contributed by atoms with Gasteiger partial charge in [0.2, 0.25) is 11.8 Å². The average molecular weight is 436 g/mol. The summed E-state index contributed by atoms with van der Waals surface area (Å²) in [5.41, 5.74) is 5.49. The van der Waals surface area contributed by atoms with Crippen LogP contribution in [0.5, 0.6) is 0 Å². The molecule has 3 amide bonds. The van der Waals surface area contributed by atoms with Crippen molar-refractivity contribution in [1.82, 2.24) is 10.6 Å². The van der Waals surface area contributed by atoms with Crippen LogP contribution in [0.25, 0.3) is 0 Å². The van der Waals surface area contributed by atoms with Gasteiger partial charge in [0.15, 0.2) is 0 Å². The molecule has 1 aromatic rings. The van der Waals surface area contributed by atoms with E-state index in [1.54, 1.807) is 34.6 Å². The summed E-state index contributed by atoms with van der Waals surface area (Å²) < 4.78 is 10.4. The van der Waals surface area contributed by atoms with Crippen LogP contribution in [0.15, 0.2) is 30.3 Å². The van der Waals surface area contributed by atoms with Crippen molar-refractivity contribution in [1.29, 1.82) is 0 Å². The molecule has 0 unspecified atom stereocenters. The van der Waals surface area contributed by atoms with E-state index in [-0.39, 0.29) is 25.4 Å². The Bertz CT molecular complexity index is 758. The third-order valence-electron chi connectivity index (χ3n) is 4.16. The predicted molar refractivity (Wildman–Crippen MR) is 115 cm³/mol. The van der Waals surface area contributed by atoms with E-state index < -0.39 is 41.6 Å². The van der Waals surface area contributed by atoms with E-state index in [2.05, 4.69) is 10.6 Å². The van der Waals surface area contributed by atoms with E-state index in [9.17, 15) is 19.2 Å². The van der Waals surface area contributed by atoms with Crippen LogP contribution < -0.4 is 16.4 Å². The first-order valence-corrected chi connectivity index (χ1v) is 10.2. The summed E-state index contributed by atoms with van der Waals surface area (Å²) in [6.45, 7) is 8.71. The van der Waals surface area contributed by atoms with E-state index in [1.165, 1.54) is 0 Å². The van der Waals surface area contributed by atoms with Gasteiger partial charge in [-0.25, -0.2) is 4.79 Å². The molecular formula is C22H33N3O6. The molecule has 0 radical (unpaired) electrons. The van der Waals surface area contributed by atoms with Crippen LogP contribution in [0.2, 0.25) is 0 Å². The number of nitrogens with two attached hydrogens (primary N) is 1. The summed E-state index contributed by atoms with van der Waals surface area (Å²) in [4.78, 5) is 48.4. The lowest BCUT2D eigenvalue weighted by Gasteiger charge is -2.26. The molecular weight excluding hydrogens is 402 g/mol. The number of alkyl carbamates (subject to hydrolysis) is 1. The molecule has 0 heterocycles. The number of ether oxygens (including phenoxy) is 2. The quantitative estimate of drug-likeness (QED) is 0.481. The zero-order valence-electron chi connectivity index (χ0n) is 18.8. The number of nitrogens with one attached hydrogen (secondary N) is 2. The lowest BCUT2D eigenvalue weighted by Crippen LogP contribution is -2.55. The van der Waals surface area contributed by atoms with E-state index >= 15 is 0 Å². The predicted octanol–water partition coefficient (Wildman–Crippen LogP) is 2.03. The number of hydrogen-bond donors (Lipinski definition) is 3. The number of hydrogen-bond acceptors (Lipinski definition) is 6. The first-order valence-electron chi connectivity index (χ1n) is 10.2. The maximum absolute atomic E-state index is 12.7. The van der Waals surface area contributed by atoms with Crippen molar-refractivity contribution in [3.8, 4) is 0 Å². The second kappa shape index (κ2) is 11.9. The summed E-state index contributed by atoms with van der Waals surface area (Å²) in [6.07, 6.45) is -0.875. The third kappa shape index (κ3) is 10.5. The number of esters is 1. The molecule has 172 valence electrons. The van der Waals surface area contributed by atoms with E-state index in [4.69, 9.17) is 15.2 Å². The maximum atomic E-state index is 12.7. The lowest BCUT2D eigenvalue weighted by atomic mass is 10.0. The van der Waals surface area contributed by atoms with Gasteiger partial charge in [0.1, 0.15) is 24.3 Å². The minimum atomic E-state index is -1.08. The lowest BCUT2D eigenvalue weighted by molar-refractivity contribution is -0.145. The van der Waals surface area contributed by atoms with E-state index in [1.807, 2.05) is 30.3 Å². The highest BCUT2D eigenvalue weighted by molar-refractivity contribution is 5.91. The topological polar surface area (TPSA) is 137 Å². The number of benzene rings is 1. The fourth-order valence-corrected chi connectivity index (χ4v) is 2.59. The second-order valence-corrected chi connectivity index (χ2v) is 8.52. The van der Waals surface area contributed by atoms with Crippen molar-refractivity contribution in [3.63, 3.8) is 0 Å². The molecule has 0 fully saturated rings. The molecule has 2 atom stereocenters. The minimum absolute atomic E-state index is 0.0219. The zero-order chi connectivity index (χ0) is 23.6. The SMILES string of the molecule is CC(C)[C@@H](NC(=O)OC(C)(C)C)C(=O)N[C@H](CCC(=O)OCc1ccccc1)C(N)=O. The molecule has 0 spiro atoms. The van der Waals surface area contributed by atoms with Crippen molar-refractivity contribution in [3.05, 3.63) is 35.9 Å². The molecule has 1 rings (SSSR count). The number of carbonyl (C=O) groups is 4. The van der Waals surface area contributed by atoms with E-state index in [0.717, 1.165) is 5.56 Å². The van der Waals surface area contributed by atoms with Gasteiger partial charge in [-0.1, -0.05) is 44.2 Å². The smallest absolute Gasteiger partial charge is 0.408 e. The highest BCUT2D eigenvalue weighted by Crippen LogP contribution is 2.10. The highest BCUT2D eigenvalue weighted by atomic mass is 16.6. The van der Waals surface area contributed by atoms with Gasteiger partial charge in [-0.2, -0.15) is 0 Å². The molecule has 9 nitrogen and oxygen atoms in total. The fourth-order valence-electron chi connectivity index (χ4n) is 2.59. The van der Waals surface area contributed by atoms with Crippen LogP contribution in [0, 0.1) is 5.92 Å². The molecule has 0 aliphatic heterocycles. The molecule has 4 N–H and O–H groups in total. The van der Waals surface area contributed by atoms with Gasteiger partial charge in [-0.05, 0) is 38.7 Å². The number of rotatable bonds is 10. The van der Waals surface area contributed by atoms with Crippen LogP contribution in [-0.2, 0) is 30.5 Å². The molecule has 0 saturated heterocycles. The van der Waals surface area contributed by atoms with Crippen molar-refractivity contribution in [2.45, 2.75) is 71.8 Å². The number of primary amides is 1. The Morgan fingerprint density at radius 2 is 1.65 bits per heavy atom.